The third kappa shape index (κ3) is 2.37. The minimum atomic E-state index is 0.349. The number of aryl methyl sites for hydroxylation is 1. The third-order valence-corrected chi connectivity index (χ3v) is 3.17. The molecule has 82 valence electrons. The summed E-state index contributed by atoms with van der Waals surface area (Å²) < 4.78 is 7.65. The summed E-state index contributed by atoms with van der Waals surface area (Å²) in [6.07, 6.45) is 5.24. The maximum absolute atomic E-state index is 5.61. The van der Waals surface area contributed by atoms with Crippen molar-refractivity contribution in [3.63, 3.8) is 0 Å². The molecule has 0 saturated heterocycles. The van der Waals surface area contributed by atoms with Crippen molar-refractivity contribution in [2.45, 2.75) is 12.5 Å². The van der Waals surface area contributed by atoms with Crippen molar-refractivity contribution in [3.8, 4) is 0 Å². The summed E-state index contributed by atoms with van der Waals surface area (Å²) in [4.78, 5) is 4.59. The van der Waals surface area contributed by atoms with Crippen molar-refractivity contribution in [1.29, 1.82) is 0 Å². The number of thioether (sulfide) groups is 1. The molecule has 0 unspecified atom stereocenters. The Bertz CT molecular complexity index is 359. The predicted molar refractivity (Wildman–Crippen MR) is 64.7 cm³/mol. The van der Waals surface area contributed by atoms with Crippen LogP contribution in [0.1, 0.15) is 12.1 Å². The zero-order valence-electron chi connectivity index (χ0n) is 9.14. The third-order valence-electron chi connectivity index (χ3n) is 2.53. The molecule has 1 aromatic rings. The van der Waals surface area contributed by atoms with Gasteiger partial charge < -0.3 is 9.30 Å². The molecular formula is C11H16N2OS. The number of nitrogens with zero attached hydrogens (tertiary/aromatic N) is 2. The first kappa shape index (κ1) is 10.6. The van der Waals surface area contributed by atoms with Gasteiger partial charge in [-0.3, -0.25) is 0 Å². The molecule has 0 aliphatic carbocycles. The molecule has 4 heteroatoms. The van der Waals surface area contributed by atoms with E-state index < -0.39 is 0 Å². The minimum absolute atomic E-state index is 0.349. The van der Waals surface area contributed by atoms with Crippen molar-refractivity contribution in [2.24, 2.45) is 12.0 Å². The largest absolute Gasteiger partial charge is 0.474 e. The highest BCUT2D eigenvalue weighted by Crippen LogP contribution is 2.15. The molecule has 0 saturated carbocycles. The summed E-state index contributed by atoms with van der Waals surface area (Å²) in [7, 11) is 2.01. The molecule has 0 aromatic carbocycles. The van der Waals surface area contributed by atoms with E-state index in [2.05, 4.69) is 11.2 Å². The van der Waals surface area contributed by atoms with E-state index in [9.17, 15) is 0 Å². The molecule has 0 amide bonds. The quantitative estimate of drug-likeness (QED) is 0.781. The van der Waals surface area contributed by atoms with E-state index >= 15 is 0 Å². The first-order valence-electron chi connectivity index (χ1n) is 5.12. The van der Waals surface area contributed by atoms with Crippen molar-refractivity contribution in [2.75, 3.05) is 18.6 Å². The average molecular weight is 224 g/mol. The Morgan fingerprint density at radius 3 is 3.20 bits per heavy atom. The van der Waals surface area contributed by atoms with Crippen LogP contribution < -0.4 is 0 Å². The van der Waals surface area contributed by atoms with Gasteiger partial charge in [-0.1, -0.05) is 0 Å². The minimum Gasteiger partial charge on any atom is -0.474 e. The van der Waals surface area contributed by atoms with Crippen LogP contribution in [0, 0.1) is 0 Å². The maximum atomic E-state index is 5.61. The Morgan fingerprint density at radius 2 is 2.53 bits per heavy atom. The van der Waals surface area contributed by atoms with Gasteiger partial charge in [0.05, 0.1) is 6.04 Å². The molecule has 2 heterocycles. The predicted octanol–water partition coefficient (Wildman–Crippen LogP) is 1.92. The zero-order chi connectivity index (χ0) is 10.7. The number of aromatic nitrogens is 1. The Balaban J connectivity index is 2.03. The van der Waals surface area contributed by atoms with Gasteiger partial charge in [0.2, 0.25) is 5.90 Å². The first-order valence-corrected chi connectivity index (χ1v) is 6.52. The van der Waals surface area contributed by atoms with Gasteiger partial charge in [-0.2, -0.15) is 11.8 Å². The number of rotatable bonds is 4. The molecule has 1 atom stereocenters. The Labute approximate surface area is 94.5 Å². The SMILES string of the molecule is CSCC[C@@H]1COC(c2cccn2C)=N1. The van der Waals surface area contributed by atoms with Crippen LogP contribution in [0.25, 0.3) is 0 Å². The van der Waals surface area contributed by atoms with E-state index in [0.29, 0.717) is 6.04 Å². The highest BCUT2D eigenvalue weighted by molar-refractivity contribution is 7.98. The molecular weight excluding hydrogens is 208 g/mol. The molecule has 0 fully saturated rings. The monoisotopic (exact) mass is 224 g/mol. The molecule has 0 radical (unpaired) electrons. The lowest BCUT2D eigenvalue weighted by Crippen LogP contribution is -2.07. The maximum Gasteiger partial charge on any atom is 0.233 e. The van der Waals surface area contributed by atoms with Crippen LogP contribution in [0.2, 0.25) is 0 Å². The summed E-state index contributed by atoms with van der Waals surface area (Å²) in [6, 6.07) is 4.40. The second kappa shape index (κ2) is 4.75. The highest BCUT2D eigenvalue weighted by Gasteiger charge is 2.20. The van der Waals surface area contributed by atoms with Crippen molar-refractivity contribution < 1.29 is 4.74 Å². The molecule has 1 aliphatic heterocycles. The Hall–Kier alpha value is -0.900. The molecule has 0 spiro atoms. The van der Waals surface area contributed by atoms with Crippen LogP contribution >= 0.6 is 11.8 Å². The summed E-state index contributed by atoms with van der Waals surface area (Å²) in [5.74, 6) is 1.95. The van der Waals surface area contributed by atoms with Crippen molar-refractivity contribution in [1.82, 2.24) is 4.57 Å². The van der Waals surface area contributed by atoms with Crippen LogP contribution in [-0.4, -0.2) is 35.1 Å². The molecule has 0 bridgehead atoms. The van der Waals surface area contributed by atoms with Crippen molar-refractivity contribution in [3.05, 3.63) is 24.0 Å². The standard InChI is InChI=1S/C11H16N2OS/c1-13-6-3-4-10(13)11-12-9(8-14-11)5-7-15-2/h3-4,6,9H,5,7-8H2,1-2H3/t9-/m1/s1. The molecule has 2 rings (SSSR count). The topological polar surface area (TPSA) is 26.5 Å². The van der Waals surface area contributed by atoms with Gasteiger partial charge in [-0.25, -0.2) is 4.99 Å². The fourth-order valence-electron chi connectivity index (χ4n) is 1.64. The number of hydrogen-bond donors (Lipinski definition) is 0. The van der Waals surface area contributed by atoms with Crippen molar-refractivity contribution >= 4 is 17.7 Å². The average Bonchev–Trinajstić information content (AvgIpc) is 2.83. The fourth-order valence-corrected chi connectivity index (χ4v) is 2.15. The van der Waals surface area contributed by atoms with Gasteiger partial charge in [0.15, 0.2) is 0 Å². The Morgan fingerprint density at radius 1 is 1.67 bits per heavy atom. The molecule has 1 aromatic heterocycles. The van der Waals surface area contributed by atoms with Crippen LogP contribution in [-0.2, 0) is 11.8 Å². The lowest BCUT2D eigenvalue weighted by atomic mass is 10.3. The molecule has 15 heavy (non-hydrogen) atoms. The normalized spacial score (nSPS) is 20.1. The summed E-state index contributed by atoms with van der Waals surface area (Å²) in [6.45, 7) is 0.737. The van der Waals surface area contributed by atoms with Gasteiger partial charge in [0.25, 0.3) is 0 Å². The van der Waals surface area contributed by atoms with E-state index in [-0.39, 0.29) is 0 Å². The Kier molecular flexibility index (Phi) is 3.36. The lowest BCUT2D eigenvalue weighted by molar-refractivity contribution is 0.314. The fraction of sp³-hybridized carbons (Fsp3) is 0.545. The van der Waals surface area contributed by atoms with Gasteiger partial charge >= 0.3 is 0 Å². The second-order valence-electron chi connectivity index (χ2n) is 3.68. The van der Waals surface area contributed by atoms with Gasteiger partial charge in [-0.15, -0.1) is 0 Å². The number of aliphatic imine (C=N–C) groups is 1. The number of ether oxygens (including phenoxy) is 1. The van der Waals surface area contributed by atoms with Gasteiger partial charge in [0, 0.05) is 13.2 Å². The van der Waals surface area contributed by atoms with Crippen LogP contribution in [0.3, 0.4) is 0 Å². The number of hydrogen-bond acceptors (Lipinski definition) is 3. The van der Waals surface area contributed by atoms with Gasteiger partial charge in [-0.05, 0) is 30.6 Å². The smallest absolute Gasteiger partial charge is 0.233 e. The first-order chi connectivity index (χ1) is 7.31. The van der Waals surface area contributed by atoms with Gasteiger partial charge in [0.1, 0.15) is 12.3 Å². The molecule has 3 nitrogen and oxygen atoms in total. The summed E-state index contributed by atoms with van der Waals surface area (Å²) in [5.41, 5.74) is 1.07. The summed E-state index contributed by atoms with van der Waals surface area (Å²) >= 11 is 1.86. The van der Waals surface area contributed by atoms with Crippen LogP contribution in [0.5, 0.6) is 0 Å². The second-order valence-corrected chi connectivity index (χ2v) is 4.67. The van der Waals surface area contributed by atoms with E-state index in [0.717, 1.165) is 30.4 Å². The lowest BCUT2D eigenvalue weighted by Gasteiger charge is -2.02. The molecule has 0 N–H and O–H groups in total. The highest BCUT2D eigenvalue weighted by atomic mass is 32.2. The van der Waals surface area contributed by atoms with E-state index in [4.69, 9.17) is 4.74 Å². The van der Waals surface area contributed by atoms with Crippen LogP contribution in [0.4, 0.5) is 0 Å². The molecule has 1 aliphatic rings. The van der Waals surface area contributed by atoms with E-state index in [1.54, 1.807) is 0 Å². The zero-order valence-corrected chi connectivity index (χ0v) is 9.96. The summed E-state index contributed by atoms with van der Waals surface area (Å²) in [5, 5.41) is 0. The van der Waals surface area contributed by atoms with Crippen LogP contribution in [0.15, 0.2) is 23.3 Å². The van der Waals surface area contributed by atoms with E-state index in [1.807, 2.05) is 41.7 Å². The van der Waals surface area contributed by atoms with E-state index in [1.165, 1.54) is 0 Å².